The first kappa shape index (κ1) is 19.0. The zero-order valence-corrected chi connectivity index (χ0v) is 16.7. The van der Waals surface area contributed by atoms with Gasteiger partial charge in [-0.1, -0.05) is 12.1 Å². The molecule has 1 amide bonds. The van der Waals surface area contributed by atoms with Gasteiger partial charge in [0.25, 0.3) is 5.91 Å². The first-order valence-electron chi connectivity index (χ1n) is 10.0. The van der Waals surface area contributed by atoms with E-state index in [1.807, 2.05) is 35.4 Å². The Bertz CT molecular complexity index is 829. The van der Waals surface area contributed by atoms with Crippen molar-refractivity contribution in [2.75, 3.05) is 33.8 Å². The number of piperidine rings is 1. The Morgan fingerprint density at radius 2 is 1.93 bits per heavy atom. The number of carbonyl (C=O) groups is 1. The SMILES string of the molecule is COCc1ccc(C(=O)N2CCc3nc(C4CCN(C)CC4)ncc3C2)cc1. The molecule has 0 aliphatic carbocycles. The molecule has 0 radical (unpaired) electrons. The fourth-order valence-electron chi connectivity index (χ4n) is 4.06. The molecule has 1 fully saturated rings. The molecule has 2 aliphatic rings. The van der Waals surface area contributed by atoms with Crippen LogP contribution in [0.25, 0.3) is 0 Å². The van der Waals surface area contributed by atoms with Gasteiger partial charge in [-0.2, -0.15) is 0 Å². The third-order valence-corrected chi connectivity index (χ3v) is 5.84. The highest BCUT2D eigenvalue weighted by Gasteiger charge is 2.26. The predicted octanol–water partition coefficient (Wildman–Crippen LogP) is 2.63. The lowest BCUT2D eigenvalue weighted by atomic mass is 9.95. The standard InChI is InChI=1S/C22H28N4O2/c1-25-10-7-17(8-11-25)21-23-13-19-14-26(12-9-20(19)24-21)22(27)18-5-3-16(4-6-18)15-28-2/h3-6,13,17H,7-12,14-15H2,1-2H3. The predicted molar refractivity (Wildman–Crippen MR) is 107 cm³/mol. The second-order valence-electron chi connectivity index (χ2n) is 7.88. The lowest BCUT2D eigenvalue weighted by Gasteiger charge is -2.30. The van der Waals surface area contributed by atoms with E-state index in [1.165, 1.54) is 0 Å². The largest absolute Gasteiger partial charge is 0.380 e. The number of fused-ring (bicyclic) bond motifs is 1. The van der Waals surface area contributed by atoms with Crippen LogP contribution in [0.4, 0.5) is 0 Å². The first-order chi connectivity index (χ1) is 13.6. The van der Waals surface area contributed by atoms with E-state index in [9.17, 15) is 4.79 Å². The zero-order chi connectivity index (χ0) is 19.5. The monoisotopic (exact) mass is 380 g/mol. The highest BCUT2D eigenvalue weighted by atomic mass is 16.5. The summed E-state index contributed by atoms with van der Waals surface area (Å²) in [7, 11) is 3.84. The summed E-state index contributed by atoms with van der Waals surface area (Å²) < 4.78 is 5.13. The second-order valence-corrected chi connectivity index (χ2v) is 7.88. The van der Waals surface area contributed by atoms with Crippen molar-refractivity contribution in [3.05, 3.63) is 58.7 Å². The molecule has 2 aliphatic heterocycles. The van der Waals surface area contributed by atoms with Crippen LogP contribution in [0.5, 0.6) is 0 Å². The van der Waals surface area contributed by atoms with E-state index < -0.39 is 0 Å². The molecule has 6 nitrogen and oxygen atoms in total. The lowest BCUT2D eigenvalue weighted by molar-refractivity contribution is 0.0733. The Kier molecular flexibility index (Phi) is 5.69. The smallest absolute Gasteiger partial charge is 0.254 e. The molecule has 0 bridgehead atoms. The van der Waals surface area contributed by atoms with Gasteiger partial charge in [-0.15, -0.1) is 0 Å². The molecular weight excluding hydrogens is 352 g/mol. The molecule has 4 rings (SSSR count). The summed E-state index contributed by atoms with van der Waals surface area (Å²) in [6, 6.07) is 7.66. The Hall–Kier alpha value is -2.31. The van der Waals surface area contributed by atoms with Crippen LogP contribution in [-0.2, 0) is 24.3 Å². The van der Waals surface area contributed by atoms with Crippen LogP contribution in [0.3, 0.4) is 0 Å². The molecule has 1 aromatic carbocycles. The molecule has 28 heavy (non-hydrogen) atoms. The number of ether oxygens (including phenoxy) is 1. The molecule has 0 unspecified atom stereocenters. The van der Waals surface area contributed by atoms with Crippen LogP contribution in [0.15, 0.2) is 30.5 Å². The maximum Gasteiger partial charge on any atom is 0.254 e. The van der Waals surface area contributed by atoms with Crippen molar-refractivity contribution in [3.63, 3.8) is 0 Å². The molecule has 3 heterocycles. The summed E-state index contributed by atoms with van der Waals surface area (Å²) in [5, 5.41) is 0. The Morgan fingerprint density at radius 1 is 1.18 bits per heavy atom. The second kappa shape index (κ2) is 8.37. The van der Waals surface area contributed by atoms with Crippen molar-refractivity contribution in [2.45, 2.75) is 38.3 Å². The summed E-state index contributed by atoms with van der Waals surface area (Å²) in [4.78, 5) is 26.7. The fraction of sp³-hybridized carbons (Fsp3) is 0.500. The summed E-state index contributed by atoms with van der Waals surface area (Å²) >= 11 is 0. The van der Waals surface area contributed by atoms with E-state index >= 15 is 0 Å². The first-order valence-corrected chi connectivity index (χ1v) is 10.0. The van der Waals surface area contributed by atoms with E-state index in [-0.39, 0.29) is 5.91 Å². The van der Waals surface area contributed by atoms with E-state index in [4.69, 9.17) is 9.72 Å². The molecule has 0 saturated carbocycles. The van der Waals surface area contributed by atoms with Gasteiger partial charge < -0.3 is 14.5 Å². The van der Waals surface area contributed by atoms with Crippen molar-refractivity contribution in [3.8, 4) is 0 Å². The average Bonchev–Trinajstić information content (AvgIpc) is 2.74. The number of carbonyl (C=O) groups excluding carboxylic acids is 1. The van der Waals surface area contributed by atoms with Gasteiger partial charge in [-0.3, -0.25) is 4.79 Å². The molecule has 2 aromatic rings. The number of nitrogens with zero attached hydrogens (tertiary/aromatic N) is 4. The van der Waals surface area contributed by atoms with Gasteiger partial charge in [0.05, 0.1) is 12.3 Å². The number of methoxy groups -OCH3 is 1. The molecular formula is C22H28N4O2. The lowest BCUT2D eigenvalue weighted by Crippen LogP contribution is -2.37. The number of aromatic nitrogens is 2. The highest BCUT2D eigenvalue weighted by Crippen LogP contribution is 2.27. The summed E-state index contributed by atoms with van der Waals surface area (Å²) in [5.74, 6) is 1.51. The van der Waals surface area contributed by atoms with Gasteiger partial charge >= 0.3 is 0 Å². The Balaban J connectivity index is 1.43. The number of benzene rings is 1. The normalized spacial score (nSPS) is 18.1. The van der Waals surface area contributed by atoms with Crippen LogP contribution in [-0.4, -0.2) is 59.5 Å². The number of hydrogen-bond donors (Lipinski definition) is 0. The highest BCUT2D eigenvalue weighted by molar-refractivity contribution is 5.94. The van der Waals surface area contributed by atoms with E-state index in [2.05, 4.69) is 16.9 Å². The molecule has 0 spiro atoms. The number of rotatable bonds is 4. The van der Waals surface area contributed by atoms with Crippen LogP contribution < -0.4 is 0 Å². The van der Waals surface area contributed by atoms with Gasteiger partial charge in [0.1, 0.15) is 5.82 Å². The van der Waals surface area contributed by atoms with Crippen molar-refractivity contribution >= 4 is 5.91 Å². The summed E-state index contributed by atoms with van der Waals surface area (Å²) in [6.45, 7) is 4.06. The topological polar surface area (TPSA) is 58.6 Å². The van der Waals surface area contributed by atoms with Gasteiger partial charge in [0.2, 0.25) is 0 Å². The van der Waals surface area contributed by atoms with E-state index in [0.29, 0.717) is 31.2 Å². The van der Waals surface area contributed by atoms with Gasteiger partial charge in [0.15, 0.2) is 0 Å². The Labute approximate surface area is 166 Å². The van der Waals surface area contributed by atoms with Crippen molar-refractivity contribution in [2.24, 2.45) is 0 Å². The third-order valence-electron chi connectivity index (χ3n) is 5.84. The van der Waals surface area contributed by atoms with Crippen LogP contribution in [0, 0.1) is 0 Å². The van der Waals surface area contributed by atoms with Crippen molar-refractivity contribution in [1.82, 2.24) is 19.8 Å². The number of likely N-dealkylation sites (tertiary alicyclic amines) is 1. The maximum atomic E-state index is 12.9. The van der Waals surface area contributed by atoms with E-state index in [1.54, 1.807) is 7.11 Å². The van der Waals surface area contributed by atoms with E-state index in [0.717, 1.165) is 55.0 Å². The van der Waals surface area contributed by atoms with Crippen LogP contribution >= 0.6 is 0 Å². The van der Waals surface area contributed by atoms with Crippen molar-refractivity contribution in [1.29, 1.82) is 0 Å². The fourth-order valence-corrected chi connectivity index (χ4v) is 4.06. The minimum absolute atomic E-state index is 0.0639. The zero-order valence-electron chi connectivity index (χ0n) is 16.7. The minimum atomic E-state index is 0.0639. The molecule has 0 atom stereocenters. The van der Waals surface area contributed by atoms with Crippen LogP contribution in [0.2, 0.25) is 0 Å². The van der Waals surface area contributed by atoms with Crippen LogP contribution in [0.1, 0.15) is 51.8 Å². The van der Waals surface area contributed by atoms with Crippen molar-refractivity contribution < 1.29 is 9.53 Å². The van der Waals surface area contributed by atoms with Gasteiger partial charge in [0, 0.05) is 49.9 Å². The molecule has 6 heteroatoms. The summed E-state index contributed by atoms with van der Waals surface area (Å²) in [6.07, 6.45) is 4.99. The Morgan fingerprint density at radius 3 is 2.64 bits per heavy atom. The molecule has 1 aromatic heterocycles. The molecule has 0 N–H and O–H groups in total. The average molecular weight is 380 g/mol. The van der Waals surface area contributed by atoms with Gasteiger partial charge in [-0.05, 0) is 50.7 Å². The molecule has 148 valence electrons. The van der Waals surface area contributed by atoms with Gasteiger partial charge in [-0.25, -0.2) is 9.97 Å². The summed E-state index contributed by atoms with van der Waals surface area (Å²) in [5.41, 5.74) is 3.97. The maximum absolute atomic E-state index is 12.9. The minimum Gasteiger partial charge on any atom is -0.380 e. The quantitative estimate of drug-likeness (QED) is 0.816. The number of hydrogen-bond acceptors (Lipinski definition) is 5. The molecule has 1 saturated heterocycles. The third kappa shape index (κ3) is 4.08. The number of amides is 1.